The van der Waals surface area contributed by atoms with Crippen LogP contribution in [0, 0.1) is 5.92 Å². The highest BCUT2D eigenvalue weighted by molar-refractivity contribution is 6.30. The monoisotopic (exact) mass is 423 g/mol. The number of aryl methyl sites for hydroxylation is 1. The minimum absolute atomic E-state index is 0.0234. The molecular weight excluding hydrogens is 402 g/mol. The van der Waals surface area contributed by atoms with Crippen molar-refractivity contribution in [1.82, 2.24) is 14.8 Å². The van der Waals surface area contributed by atoms with Crippen molar-refractivity contribution < 1.29 is 14.4 Å². The number of benzene rings is 2. The predicted molar refractivity (Wildman–Crippen MR) is 114 cm³/mol. The fourth-order valence-corrected chi connectivity index (χ4v) is 4.52. The molecule has 0 saturated carbocycles. The van der Waals surface area contributed by atoms with E-state index in [4.69, 9.17) is 26.3 Å². The highest BCUT2D eigenvalue weighted by Gasteiger charge is 2.42. The number of methoxy groups -OCH3 is 1. The smallest absolute Gasteiger partial charge is 0.246 e. The van der Waals surface area contributed by atoms with Gasteiger partial charge < -0.3 is 4.74 Å². The number of nitrogens with zero attached hydrogens (tertiary/aromatic N) is 3. The Labute approximate surface area is 179 Å². The van der Waals surface area contributed by atoms with Crippen LogP contribution >= 0.6 is 11.6 Å². The number of carbonyl (C=O) groups excluding carboxylic acids is 1. The summed E-state index contributed by atoms with van der Waals surface area (Å²) in [6.07, 6.45) is 2.00. The summed E-state index contributed by atoms with van der Waals surface area (Å²) in [7, 11) is 3.34. The van der Waals surface area contributed by atoms with E-state index in [1.165, 1.54) is 5.06 Å². The van der Waals surface area contributed by atoms with Gasteiger partial charge in [0.1, 0.15) is 11.9 Å². The molecule has 0 unspecified atom stereocenters. The third-order valence-electron chi connectivity index (χ3n) is 5.96. The van der Waals surface area contributed by atoms with E-state index in [1.807, 2.05) is 53.2 Å². The number of aromatic nitrogens is 2. The van der Waals surface area contributed by atoms with Gasteiger partial charge in [-0.15, -0.1) is 0 Å². The number of rotatable bonds is 3. The number of ether oxygens (including phenoxy) is 1. The Morgan fingerprint density at radius 3 is 2.57 bits per heavy atom. The normalized spacial score (nSPS) is 20.6. The number of carbonyl (C=O) groups is 1. The first-order chi connectivity index (χ1) is 14.5. The maximum absolute atomic E-state index is 12.2. The van der Waals surface area contributed by atoms with Gasteiger partial charge in [-0.05, 0) is 49.2 Å². The maximum atomic E-state index is 12.2. The zero-order valence-electron chi connectivity index (χ0n) is 16.8. The van der Waals surface area contributed by atoms with Gasteiger partial charge in [-0.2, -0.15) is 5.10 Å². The Morgan fingerprint density at radius 2 is 1.87 bits per heavy atom. The summed E-state index contributed by atoms with van der Waals surface area (Å²) in [5.74, 6) is 0.968. The van der Waals surface area contributed by atoms with Gasteiger partial charge in [0.15, 0.2) is 0 Å². The van der Waals surface area contributed by atoms with E-state index < -0.39 is 0 Å². The Hall–Kier alpha value is -2.83. The van der Waals surface area contributed by atoms with Crippen LogP contribution in [-0.4, -0.2) is 34.9 Å². The van der Waals surface area contributed by atoms with Crippen molar-refractivity contribution in [3.05, 3.63) is 64.8 Å². The van der Waals surface area contributed by atoms with E-state index in [1.54, 1.807) is 14.2 Å². The number of halogens is 1. The van der Waals surface area contributed by atoms with Gasteiger partial charge in [0.05, 0.1) is 24.2 Å². The average molecular weight is 424 g/mol. The van der Waals surface area contributed by atoms with Crippen LogP contribution in [0.3, 0.4) is 0 Å². The molecule has 30 heavy (non-hydrogen) atoms. The van der Waals surface area contributed by atoms with Gasteiger partial charge >= 0.3 is 0 Å². The van der Waals surface area contributed by atoms with Gasteiger partial charge in [0, 0.05) is 35.5 Å². The molecule has 2 aliphatic rings. The average Bonchev–Trinajstić information content (AvgIpc) is 3.15. The van der Waals surface area contributed by atoms with Crippen molar-refractivity contribution in [1.29, 1.82) is 0 Å². The van der Waals surface area contributed by atoms with E-state index in [9.17, 15) is 4.79 Å². The summed E-state index contributed by atoms with van der Waals surface area (Å²) in [5.41, 5.74) is 4.99. The number of hydrogen-bond acceptors (Lipinski definition) is 4. The summed E-state index contributed by atoms with van der Waals surface area (Å²) in [4.78, 5) is 18.3. The Morgan fingerprint density at radius 1 is 1.13 bits per heavy atom. The van der Waals surface area contributed by atoms with E-state index >= 15 is 0 Å². The van der Waals surface area contributed by atoms with Crippen molar-refractivity contribution in [2.75, 3.05) is 14.2 Å². The quantitative estimate of drug-likeness (QED) is 0.617. The molecule has 154 valence electrons. The minimum Gasteiger partial charge on any atom is -0.497 e. The topological polar surface area (TPSA) is 56.6 Å². The van der Waals surface area contributed by atoms with Gasteiger partial charge in [-0.25, -0.2) is 9.75 Å². The van der Waals surface area contributed by atoms with E-state index in [0.29, 0.717) is 11.4 Å². The third-order valence-corrected chi connectivity index (χ3v) is 6.21. The molecule has 0 spiro atoms. The molecule has 0 bridgehead atoms. The predicted octanol–water partition coefficient (Wildman–Crippen LogP) is 4.60. The first-order valence-corrected chi connectivity index (χ1v) is 10.4. The van der Waals surface area contributed by atoms with E-state index in [0.717, 1.165) is 46.8 Å². The van der Waals surface area contributed by atoms with E-state index in [-0.39, 0.29) is 17.9 Å². The lowest BCUT2D eigenvalue weighted by Crippen LogP contribution is -2.40. The molecule has 0 N–H and O–H groups in total. The standard InChI is InChI=1S/C23H22ClN3O3/c1-26-20(28)13-15-5-12-19-21(23(15)30-26)22(14-3-6-16(24)7-4-14)27(25-19)17-8-10-18(29-2)11-9-17/h3-4,6-11,15,23H,5,12-13H2,1-2H3/t15-,23+/m1/s1. The van der Waals surface area contributed by atoms with Crippen molar-refractivity contribution in [2.45, 2.75) is 25.4 Å². The largest absolute Gasteiger partial charge is 0.497 e. The molecule has 1 saturated heterocycles. The Kier molecular flexibility index (Phi) is 4.76. The summed E-state index contributed by atoms with van der Waals surface area (Å²) in [5, 5.41) is 7.02. The zero-order valence-corrected chi connectivity index (χ0v) is 17.6. The van der Waals surface area contributed by atoms with Gasteiger partial charge in [0.2, 0.25) is 5.91 Å². The first-order valence-electron chi connectivity index (χ1n) is 10.0. The van der Waals surface area contributed by atoms with Crippen LogP contribution in [0.2, 0.25) is 5.02 Å². The summed E-state index contributed by atoms with van der Waals surface area (Å²) in [6.45, 7) is 0. The van der Waals surface area contributed by atoms with Crippen molar-refractivity contribution in [3.8, 4) is 22.7 Å². The van der Waals surface area contributed by atoms with Gasteiger partial charge in [-0.1, -0.05) is 23.7 Å². The lowest BCUT2D eigenvalue weighted by atomic mass is 9.80. The van der Waals surface area contributed by atoms with Crippen LogP contribution in [-0.2, 0) is 16.1 Å². The van der Waals surface area contributed by atoms with Crippen LogP contribution in [0.15, 0.2) is 48.5 Å². The molecule has 1 aliphatic carbocycles. The molecular formula is C23H22ClN3O3. The van der Waals surface area contributed by atoms with Crippen LogP contribution in [0.4, 0.5) is 0 Å². The highest BCUT2D eigenvalue weighted by atomic mass is 35.5. The summed E-state index contributed by atoms with van der Waals surface area (Å²) < 4.78 is 7.27. The molecule has 2 aromatic carbocycles. The van der Waals surface area contributed by atoms with Crippen molar-refractivity contribution in [3.63, 3.8) is 0 Å². The van der Waals surface area contributed by atoms with Crippen molar-refractivity contribution >= 4 is 17.5 Å². The fraction of sp³-hybridized carbons (Fsp3) is 0.304. The molecule has 7 heteroatoms. The minimum atomic E-state index is -0.200. The molecule has 6 nitrogen and oxygen atoms in total. The highest BCUT2D eigenvalue weighted by Crippen LogP contribution is 2.46. The molecule has 1 amide bonds. The summed E-state index contributed by atoms with van der Waals surface area (Å²) in [6, 6.07) is 15.6. The molecule has 3 aromatic rings. The summed E-state index contributed by atoms with van der Waals surface area (Å²) >= 11 is 6.15. The number of hydroxylamine groups is 2. The molecule has 2 heterocycles. The Bertz CT molecular complexity index is 1090. The second-order valence-electron chi connectivity index (χ2n) is 7.75. The second-order valence-corrected chi connectivity index (χ2v) is 8.18. The lowest BCUT2D eigenvalue weighted by molar-refractivity contribution is -0.229. The second kappa shape index (κ2) is 7.45. The molecule has 0 radical (unpaired) electrons. The van der Waals surface area contributed by atoms with Crippen molar-refractivity contribution in [2.24, 2.45) is 5.92 Å². The molecule has 5 rings (SSSR count). The van der Waals surface area contributed by atoms with Crippen LogP contribution in [0.25, 0.3) is 16.9 Å². The fourth-order valence-electron chi connectivity index (χ4n) is 4.39. The van der Waals surface area contributed by atoms with E-state index in [2.05, 4.69) is 0 Å². The number of fused-ring (bicyclic) bond motifs is 3. The van der Waals surface area contributed by atoms with Gasteiger partial charge in [0.25, 0.3) is 0 Å². The van der Waals surface area contributed by atoms with Crippen LogP contribution < -0.4 is 4.74 Å². The lowest BCUT2D eigenvalue weighted by Gasteiger charge is -2.38. The number of amides is 1. The SMILES string of the molecule is COc1ccc(-n2nc3c(c2-c2ccc(Cl)cc2)[C@H]2ON(C)C(=O)C[C@H]2CC3)cc1. The van der Waals surface area contributed by atoms with Crippen LogP contribution in [0.5, 0.6) is 5.75 Å². The zero-order chi connectivity index (χ0) is 20.8. The molecule has 1 aliphatic heterocycles. The van der Waals surface area contributed by atoms with Crippen LogP contribution in [0.1, 0.15) is 30.2 Å². The maximum Gasteiger partial charge on any atom is 0.246 e. The molecule has 1 aromatic heterocycles. The molecule has 1 fully saturated rings. The van der Waals surface area contributed by atoms with Gasteiger partial charge in [-0.3, -0.25) is 9.63 Å². The number of hydrogen-bond donors (Lipinski definition) is 0. The first kappa shape index (κ1) is 19.2. The third kappa shape index (κ3) is 3.16. The Balaban J connectivity index is 1.70. The molecule has 2 atom stereocenters.